The first-order chi connectivity index (χ1) is 6.77. The minimum Gasteiger partial charge on any atom is -0.395 e. The molecule has 0 amide bonds. The highest BCUT2D eigenvalue weighted by Gasteiger charge is 2.21. The number of rotatable bonds is 4. The summed E-state index contributed by atoms with van der Waals surface area (Å²) in [5, 5.41) is 10.4. The summed E-state index contributed by atoms with van der Waals surface area (Å²) in [6.07, 6.45) is 5.08. The van der Waals surface area contributed by atoms with Gasteiger partial charge in [-0.25, -0.2) is 0 Å². The van der Waals surface area contributed by atoms with E-state index in [1.54, 1.807) is 0 Å². The first-order valence-electron chi connectivity index (χ1n) is 5.68. The number of hydrogen-bond donors (Lipinski definition) is 1. The topological polar surface area (TPSA) is 23.5 Å². The largest absolute Gasteiger partial charge is 0.395 e. The van der Waals surface area contributed by atoms with E-state index >= 15 is 0 Å². The van der Waals surface area contributed by atoms with E-state index in [1.165, 1.54) is 32.2 Å². The third kappa shape index (κ3) is 3.87. The molecule has 84 valence electrons. The SMILES string of the molecule is CC(CBr)CN1CCCCCC1CO. The second-order valence-electron chi connectivity index (χ2n) is 4.44. The first kappa shape index (κ1) is 12.5. The van der Waals surface area contributed by atoms with Crippen LogP contribution in [0, 0.1) is 5.92 Å². The van der Waals surface area contributed by atoms with Crippen LogP contribution in [-0.4, -0.2) is 41.1 Å². The highest BCUT2D eigenvalue weighted by Crippen LogP contribution is 2.18. The van der Waals surface area contributed by atoms with Gasteiger partial charge in [0.15, 0.2) is 0 Å². The number of aliphatic hydroxyl groups excluding tert-OH is 1. The Morgan fingerprint density at radius 1 is 1.43 bits per heavy atom. The molecule has 0 aromatic rings. The molecule has 0 radical (unpaired) electrons. The summed E-state index contributed by atoms with van der Waals surface area (Å²) in [7, 11) is 0. The van der Waals surface area contributed by atoms with E-state index in [-0.39, 0.29) is 0 Å². The van der Waals surface area contributed by atoms with E-state index in [1.807, 2.05) is 0 Å². The molecule has 0 aromatic carbocycles. The maximum absolute atomic E-state index is 9.32. The minimum absolute atomic E-state index is 0.328. The summed E-state index contributed by atoms with van der Waals surface area (Å²) in [5.41, 5.74) is 0. The monoisotopic (exact) mass is 263 g/mol. The van der Waals surface area contributed by atoms with Crippen molar-refractivity contribution in [2.45, 2.75) is 38.6 Å². The molecule has 1 aliphatic heterocycles. The van der Waals surface area contributed by atoms with E-state index in [2.05, 4.69) is 27.8 Å². The molecule has 3 heteroatoms. The molecule has 1 rings (SSSR count). The van der Waals surface area contributed by atoms with Crippen molar-refractivity contribution in [2.24, 2.45) is 5.92 Å². The van der Waals surface area contributed by atoms with Crippen LogP contribution >= 0.6 is 15.9 Å². The van der Waals surface area contributed by atoms with Gasteiger partial charge in [-0.15, -0.1) is 0 Å². The normalized spacial score (nSPS) is 27.2. The molecule has 2 unspecified atom stereocenters. The Kier molecular flexibility index (Phi) is 6.06. The minimum atomic E-state index is 0.328. The second kappa shape index (κ2) is 6.81. The van der Waals surface area contributed by atoms with Gasteiger partial charge in [-0.3, -0.25) is 4.90 Å². The van der Waals surface area contributed by atoms with Gasteiger partial charge in [-0.2, -0.15) is 0 Å². The van der Waals surface area contributed by atoms with Crippen LogP contribution in [0.5, 0.6) is 0 Å². The van der Waals surface area contributed by atoms with E-state index < -0.39 is 0 Å². The summed E-state index contributed by atoms with van der Waals surface area (Å²) in [4.78, 5) is 2.47. The predicted octanol–water partition coefficient (Wildman–Crippen LogP) is 2.25. The van der Waals surface area contributed by atoms with E-state index in [9.17, 15) is 5.11 Å². The van der Waals surface area contributed by atoms with Gasteiger partial charge >= 0.3 is 0 Å². The summed E-state index contributed by atoms with van der Waals surface area (Å²) in [6, 6.07) is 0.416. The Bertz CT molecular complexity index is 154. The van der Waals surface area contributed by atoms with Crippen LogP contribution in [0.3, 0.4) is 0 Å². The molecule has 14 heavy (non-hydrogen) atoms. The molecule has 2 atom stereocenters. The molecular formula is C11H22BrNO. The molecule has 0 spiro atoms. The fourth-order valence-corrected chi connectivity index (χ4v) is 2.34. The van der Waals surface area contributed by atoms with E-state index in [4.69, 9.17) is 0 Å². The van der Waals surface area contributed by atoms with Crippen molar-refractivity contribution in [2.75, 3.05) is 25.0 Å². The third-order valence-corrected chi connectivity index (χ3v) is 4.12. The lowest BCUT2D eigenvalue weighted by atomic mass is 10.1. The van der Waals surface area contributed by atoms with Crippen molar-refractivity contribution in [3.05, 3.63) is 0 Å². The van der Waals surface area contributed by atoms with Crippen molar-refractivity contribution in [1.82, 2.24) is 4.90 Å². The molecule has 2 nitrogen and oxygen atoms in total. The highest BCUT2D eigenvalue weighted by molar-refractivity contribution is 9.09. The summed E-state index contributed by atoms with van der Waals surface area (Å²) >= 11 is 3.51. The zero-order valence-electron chi connectivity index (χ0n) is 9.08. The van der Waals surface area contributed by atoms with Crippen LogP contribution in [-0.2, 0) is 0 Å². The quantitative estimate of drug-likeness (QED) is 0.787. The third-order valence-electron chi connectivity index (χ3n) is 3.02. The number of aliphatic hydroxyl groups is 1. The number of likely N-dealkylation sites (tertiary alicyclic amines) is 1. The standard InChI is InChI=1S/C11H22BrNO/c1-10(7-12)8-13-6-4-2-3-5-11(13)9-14/h10-11,14H,2-9H2,1H3. The Balaban J connectivity index is 2.43. The Hall–Kier alpha value is 0.400. The Morgan fingerprint density at radius 2 is 2.21 bits per heavy atom. The summed E-state index contributed by atoms with van der Waals surface area (Å²) in [6.45, 7) is 4.88. The average molecular weight is 264 g/mol. The zero-order chi connectivity index (χ0) is 10.4. The molecule has 1 aliphatic rings. The van der Waals surface area contributed by atoms with Crippen LogP contribution in [0.2, 0.25) is 0 Å². The van der Waals surface area contributed by atoms with Gasteiger partial charge in [0.1, 0.15) is 0 Å². The number of nitrogens with zero attached hydrogens (tertiary/aromatic N) is 1. The zero-order valence-corrected chi connectivity index (χ0v) is 10.7. The number of hydrogen-bond acceptors (Lipinski definition) is 2. The van der Waals surface area contributed by atoms with Gasteiger partial charge in [0.25, 0.3) is 0 Å². The molecule has 0 bridgehead atoms. The van der Waals surface area contributed by atoms with Crippen LogP contribution in [0.1, 0.15) is 32.6 Å². The van der Waals surface area contributed by atoms with E-state index in [0.29, 0.717) is 18.6 Å². The van der Waals surface area contributed by atoms with Gasteiger partial charge in [0.2, 0.25) is 0 Å². The molecule has 1 saturated heterocycles. The molecule has 1 fully saturated rings. The molecule has 0 saturated carbocycles. The van der Waals surface area contributed by atoms with Crippen molar-refractivity contribution in [1.29, 1.82) is 0 Å². The smallest absolute Gasteiger partial charge is 0.0586 e. The van der Waals surface area contributed by atoms with Gasteiger partial charge in [-0.1, -0.05) is 35.7 Å². The van der Waals surface area contributed by atoms with Crippen LogP contribution in [0.25, 0.3) is 0 Å². The Morgan fingerprint density at radius 3 is 2.86 bits per heavy atom. The summed E-state index contributed by atoms with van der Waals surface area (Å²) in [5.74, 6) is 0.683. The fraction of sp³-hybridized carbons (Fsp3) is 1.00. The molecular weight excluding hydrogens is 242 g/mol. The highest BCUT2D eigenvalue weighted by atomic mass is 79.9. The van der Waals surface area contributed by atoms with Crippen LogP contribution in [0.4, 0.5) is 0 Å². The van der Waals surface area contributed by atoms with Crippen molar-refractivity contribution in [3.63, 3.8) is 0 Å². The molecule has 1 N–H and O–H groups in total. The lowest BCUT2D eigenvalue weighted by Gasteiger charge is -2.30. The predicted molar refractivity (Wildman–Crippen MR) is 63.9 cm³/mol. The lowest BCUT2D eigenvalue weighted by molar-refractivity contribution is 0.114. The molecule has 0 aliphatic carbocycles. The van der Waals surface area contributed by atoms with Crippen LogP contribution < -0.4 is 0 Å². The van der Waals surface area contributed by atoms with Crippen molar-refractivity contribution >= 4 is 15.9 Å². The number of halogens is 1. The van der Waals surface area contributed by atoms with E-state index in [0.717, 1.165) is 11.9 Å². The van der Waals surface area contributed by atoms with Gasteiger partial charge < -0.3 is 5.11 Å². The van der Waals surface area contributed by atoms with Crippen LogP contribution in [0.15, 0.2) is 0 Å². The van der Waals surface area contributed by atoms with Crippen molar-refractivity contribution in [3.8, 4) is 0 Å². The first-order valence-corrected chi connectivity index (χ1v) is 6.81. The van der Waals surface area contributed by atoms with Crippen molar-refractivity contribution < 1.29 is 5.11 Å². The maximum atomic E-state index is 9.32. The molecule has 0 aromatic heterocycles. The second-order valence-corrected chi connectivity index (χ2v) is 5.09. The summed E-state index contributed by atoms with van der Waals surface area (Å²) < 4.78 is 0. The lowest BCUT2D eigenvalue weighted by Crippen LogP contribution is -2.40. The Labute approximate surface area is 95.8 Å². The van der Waals surface area contributed by atoms with Gasteiger partial charge in [0, 0.05) is 17.9 Å². The number of alkyl halides is 1. The average Bonchev–Trinajstić information content (AvgIpc) is 2.42. The maximum Gasteiger partial charge on any atom is 0.0586 e. The van der Waals surface area contributed by atoms with Gasteiger partial charge in [-0.05, 0) is 25.3 Å². The molecule has 1 heterocycles. The fourth-order valence-electron chi connectivity index (χ4n) is 2.13. The van der Waals surface area contributed by atoms with Gasteiger partial charge in [0.05, 0.1) is 6.61 Å².